The van der Waals surface area contributed by atoms with Crippen LogP contribution in [0.5, 0.6) is 5.75 Å². The van der Waals surface area contributed by atoms with Crippen LogP contribution in [-0.2, 0) is 22.4 Å². The minimum absolute atomic E-state index is 0.00897. The second-order valence-corrected chi connectivity index (χ2v) is 7.52. The van der Waals surface area contributed by atoms with Gasteiger partial charge < -0.3 is 14.8 Å². The monoisotopic (exact) mass is 404 g/mol. The lowest BCUT2D eigenvalue weighted by Crippen LogP contribution is -2.21. The zero-order valence-corrected chi connectivity index (χ0v) is 16.2. The zero-order valence-electron chi connectivity index (χ0n) is 15.4. The second-order valence-electron chi connectivity index (χ2n) is 6.38. The molecule has 148 valence electrons. The summed E-state index contributed by atoms with van der Waals surface area (Å²) in [4.78, 5) is 36.6. The molecule has 0 unspecified atom stereocenters. The van der Waals surface area contributed by atoms with Gasteiger partial charge in [-0.2, -0.15) is 0 Å². The van der Waals surface area contributed by atoms with Gasteiger partial charge in [0.15, 0.2) is 6.61 Å². The number of carbonyl (C=O) groups is 2. The number of hydrogen-bond donors (Lipinski definition) is 1. The number of methoxy groups -OCH3 is 1. The average Bonchev–Trinajstić information content (AvgIpc) is 2.97. The second kappa shape index (κ2) is 8.83. The van der Waals surface area contributed by atoms with E-state index in [2.05, 4.69) is 5.32 Å². The third-order valence-electron chi connectivity index (χ3n) is 4.46. The number of fused-ring (bicyclic) bond motifs is 1. The summed E-state index contributed by atoms with van der Waals surface area (Å²) >= 11 is 1.41. The normalized spacial score (nSPS) is 13.2. The van der Waals surface area contributed by atoms with E-state index in [9.17, 15) is 19.7 Å². The molecule has 1 aliphatic rings. The van der Waals surface area contributed by atoms with Gasteiger partial charge in [0.05, 0.1) is 18.1 Å². The Balaban J connectivity index is 1.60. The van der Waals surface area contributed by atoms with E-state index >= 15 is 0 Å². The number of aryl methyl sites for hydroxylation is 2. The Bertz CT molecular complexity index is 884. The molecule has 0 radical (unpaired) electrons. The molecule has 1 aromatic heterocycles. The highest BCUT2D eigenvalue weighted by Gasteiger charge is 2.20. The topological polar surface area (TPSA) is 108 Å². The summed E-state index contributed by atoms with van der Waals surface area (Å²) in [5, 5.41) is 13.6. The molecule has 1 aromatic carbocycles. The Labute approximate surface area is 165 Å². The lowest BCUT2D eigenvalue weighted by Gasteiger charge is -2.08. The average molecular weight is 404 g/mol. The van der Waals surface area contributed by atoms with Crippen LogP contribution in [0, 0.1) is 10.1 Å². The van der Waals surface area contributed by atoms with Crippen molar-refractivity contribution in [2.75, 3.05) is 19.0 Å². The van der Waals surface area contributed by atoms with Crippen LogP contribution in [0.15, 0.2) is 24.3 Å². The van der Waals surface area contributed by atoms with E-state index in [-0.39, 0.29) is 11.4 Å². The predicted octanol–water partition coefficient (Wildman–Crippen LogP) is 3.73. The lowest BCUT2D eigenvalue weighted by atomic mass is 10.1. The van der Waals surface area contributed by atoms with Crippen molar-refractivity contribution in [3.05, 3.63) is 49.7 Å². The SMILES string of the molecule is COc1ccc(NC(=O)COC(=O)c2cc3c(s2)CCCCC3)c([N+](=O)[O-])c1. The maximum Gasteiger partial charge on any atom is 0.348 e. The highest BCUT2D eigenvalue weighted by atomic mass is 32.1. The quantitative estimate of drug-likeness (QED) is 0.340. The maximum absolute atomic E-state index is 12.2. The van der Waals surface area contributed by atoms with Gasteiger partial charge in [-0.3, -0.25) is 14.9 Å². The first-order valence-electron chi connectivity index (χ1n) is 8.89. The summed E-state index contributed by atoms with van der Waals surface area (Å²) in [5.41, 5.74) is 0.892. The van der Waals surface area contributed by atoms with Crippen LogP contribution in [0.2, 0.25) is 0 Å². The van der Waals surface area contributed by atoms with Gasteiger partial charge in [0.1, 0.15) is 16.3 Å². The van der Waals surface area contributed by atoms with Crippen molar-refractivity contribution in [2.24, 2.45) is 0 Å². The number of amides is 1. The largest absolute Gasteiger partial charge is 0.496 e. The number of nitrogens with one attached hydrogen (secondary N) is 1. The number of benzene rings is 1. The molecule has 0 fully saturated rings. The molecule has 9 heteroatoms. The van der Waals surface area contributed by atoms with E-state index < -0.39 is 23.4 Å². The van der Waals surface area contributed by atoms with Gasteiger partial charge in [-0.25, -0.2) is 4.79 Å². The third kappa shape index (κ3) is 4.66. The number of thiophene rings is 1. The highest BCUT2D eigenvalue weighted by Crippen LogP contribution is 2.30. The fourth-order valence-corrected chi connectivity index (χ4v) is 4.20. The van der Waals surface area contributed by atoms with Gasteiger partial charge in [-0.15, -0.1) is 11.3 Å². The van der Waals surface area contributed by atoms with Crippen LogP contribution in [0.4, 0.5) is 11.4 Å². The highest BCUT2D eigenvalue weighted by molar-refractivity contribution is 7.14. The van der Waals surface area contributed by atoms with E-state index in [0.29, 0.717) is 10.6 Å². The Hall–Kier alpha value is -2.94. The Morgan fingerprint density at radius 1 is 1.21 bits per heavy atom. The van der Waals surface area contributed by atoms with Crippen LogP contribution in [0.1, 0.15) is 39.4 Å². The molecule has 0 saturated carbocycles. The van der Waals surface area contributed by atoms with Crippen molar-refractivity contribution in [3.8, 4) is 5.75 Å². The van der Waals surface area contributed by atoms with E-state index in [0.717, 1.165) is 25.7 Å². The first-order chi connectivity index (χ1) is 13.5. The molecule has 1 amide bonds. The number of anilines is 1. The van der Waals surface area contributed by atoms with Crippen LogP contribution in [0.3, 0.4) is 0 Å². The molecular formula is C19H20N2O6S. The lowest BCUT2D eigenvalue weighted by molar-refractivity contribution is -0.384. The number of hydrogen-bond acceptors (Lipinski definition) is 7. The maximum atomic E-state index is 12.2. The molecule has 0 atom stereocenters. The molecule has 2 aromatic rings. The number of nitro groups is 1. The van der Waals surface area contributed by atoms with Gasteiger partial charge in [0.25, 0.3) is 11.6 Å². The van der Waals surface area contributed by atoms with E-state index in [1.165, 1.54) is 53.5 Å². The van der Waals surface area contributed by atoms with E-state index in [1.807, 2.05) is 6.07 Å². The molecule has 1 N–H and O–H groups in total. The van der Waals surface area contributed by atoms with Crippen molar-refractivity contribution in [1.29, 1.82) is 0 Å². The number of carbonyl (C=O) groups excluding carboxylic acids is 2. The molecule has 3 rings (SSSR count). The fraction of sp³-hybridized carbons (Fsp3) is 0.368. The van der Waals surface area contributed by atoms with Crippen LogP contribution in [-0.4, -0.2) is 30.5 Å². The predicted molar refractivity (Wildman–Crippen MR) is 104 cm³/mol. The molecule has 0 aliphatic heterocycles. The number of nitro benzene ring substituents is 1. The number of nitrogens with zero attached hydrogens (tertiary/aromatic N) is 1. The molecule has 28 heavy (non-hydrogen) atoms. The summed E-state index contributed by atoms with van der Waals surface area (Å²) in [6.07, 6.45) is 5.35. The first kappa shape index (κ1) is 19.8. The minimum atomic E-state index is -0.653. The van der Waals surface area contributed by atoms with Gasteiger partial charge in [-0.05, 0) is 49.4 Å². The molecule has 0 saturated heterocycles. The minimum Gasteiger partial charge on any atom is -0.496 e. The first-order valence-corrected chi connectivity index (χ1v) is 9.70. The van der Waals surface area contributed by atoms with Crippen molar-refractivity contribution in [2.45, 2.75) is 32.1 Å². The number of rotatable bonds is 6. The summed E-state index contributed by atoms with van der Waals surface area (Å²) in [6.45, 7) is -0.523. The smallest absolute Gasteiger partial charge is 0.348 e. The van der Waals surface area contributed by atoms with E-state index in [1.54, 1.807) is 0 Å². The van der Waals surface area contributed by atoms with Gasteiger partial charge >= 0.3 is 5.97 Å². The summed E-state index contributed by atoms with van der Waals surface area (Å²) in [7, 11) is 1.39. The molecule has 8 nitrogen and oxygen atoms in total. The van der Waals surface area contributed by atoms with Crippen molar-refractivity contribution in [3.63, 3.8) is 0 Å². The number of esters is 1. The summed E-state index contributed by atoms with van der Waals surface area (Å²) in [6, 6.07) is 5.92. The number of ether oxygens (including phenoxy) is 2. The Morgan fingerprint density at radius 3 is 2.75 bits per heavy atom. The van der Waals surface area contributed by atoms with Crippen molar-refractivity contribution < 1.29 is 24.0 Å². The molecular weight excluding hydrogens is 384 g/mol. The van der Waals surface area contributed by atoms with Crippen LogP contribution >= 0.6 is 11.3 Å². The van der Waals surface area contributed by atoms with Gasteiger partial charge in [-0.1, -0.05) is 6.42 Å². The molecule has 0 spiro atoms. The standard InChI is InChI=1S/C19H20N2O6S/c1-26-13-7-8-14(15(10-13)21(24)25)20-18(22)11-27-19(23)17-9-12-5-3-2-4-6-16(12)28-17/h7-10H,2-6,11H2,1H3,(H,20,22). The van der Waals surface area contributed by atoms with Gasteiger partial charge in [0.2, 0.25) is 0 Å². The molecule has 0 bridgehead atoms. The summed E-state index contributed by atoms with van der Waals surface area (Å²) in [5.74, 6) is -0.911. The van der Waals surface area contributed by atoms with Crippen LogP contribution in [0.25, 0.3) is 0 Å². The Morgan fingerprint density at radius 2 is 2.00 bits per heavy atom. The van der Waals surface area contributed by atoms with Crippen LogP contribution < -0.4 is 10.1 Å². The zero-order chi connectivity index (χ0) is 20.1. The van der Waals surface area contributed by atoms with E-state index in [4.69, 9.17) is 9.47 Å². The molecule has 1 aliphatic carbocycles. The van der Waals surface area contributed by atoms with Crippen molar-refractivity contribution in [1.82, 2.24) is 0 Å². The third-order valence-corrected chi connectivity index (χ3v) is 5.67. The Kier molecular flexibility index (Phi) is 6.25. The van der Waals surface area contributed by atoms with Crippen molar-refractivity contribution >= 4 is 34.6 Å². The molecule has 1 heterocycles. The fourth-order valence-electron chi connectivity index (χ4n) is 3.05. The van der Waals surface area contributed by atoms with Gasteiger partial charge in [0, 0.05) is 4.88 Å². The summed E-state index contributed by atoms with van der Waals surface area (Å²) < 4.78 is 10.0.